The molecule has 20 heavy (non-hydrogen) atoms. The van der Waals surface area contributed by atoms with Gasteiger partial charge < -0.3 is 5.32 Å². The third kappa shape index (κ3) is 3.51. The van der Waals surface area contributed by atoms with Crippen molar-refractivity contribution in [2.45, 2.75) is 38.1 Å². The van der Waals surface area contributed by atoms with Crippen molar-refractivity contribution < 1.29 is 8.42 Å². The predicted molar refractivity (Wildman–Crippen MR) is 80.4 cm³/mol. The maximum atomic E-state index is 11.6. The van der Waals surface area contributed by atoms with Crippen molar-refractivity contribution in [1.29, 1.82) is 5.26 Å². The molecule has 1 unspecified atom stereocenters. The summed E-state index contributed by atoms with van der Waals surface area (Å²) in [6.07, 6.45) is 1.60. The molecular weight excluding hydrogens is 272 g/mol. The third-order valence-electron chi connectivity index (χ3n) is 3.72. The highest BCUT2D eigenvalue weighted by Crippen LogP contribution is 2.24. The first kappa shape index (κ1) is 14.9. The summed E-state index contributed by atoms with van der Waals surface area (Å²) < 4.78 is 23.2. The van der Waals surface area contributed by atoms with Crippen LogP contribution in [0.15, 0.2) is 24.3 Å². The summed E-state index contributed by atoms with van der Waals surface area (Å²) in [5.74, 6) is 0.513. The quantitative estimate of drug-likeness (QED) is 0.929. The fourth-order valence-corrected chi connectivity index (χ4v) is 4.06. The second-order valence-electron chi connectivity index (χ2n) is 5.91. The number of rotatable bonds is 3. The number of hydrogen-bond donors (Lipinski definition) is 1. The lowest BCUT2D eigenvalue weighted by molar-refractivity contribution is 0.562. The van der Waals surface area contributed by atoms with Gasteiger partial charge in [-0.3, -0.25) is 0 Å². The highest BCUT2D eigenvalue weighted by molar-refractivity contribution is 7.91. The molecule has 0 aromatic heterocycles. The molecule has 1 atom stereocenters. The van der Waals surface area contributed by atoms with Crippen molar-refractivity contribution in [3.05, 3.63) is 29.8 Å². The molecule has 1 aromatic rings. The molecule has 1 fully saturated rings. The predicted octanol–water partition coefficient (Wildman–Crippen LogP) is 2.48. The van der Waals surface area contributed by atoms with E-state index in [2.05, 4.69) is 11.4 Å². The molecule has 0 spiro atoms. The second kappa shape index (κ2) is 5.45. The number of nitriles is 1. The summed E-state index contributed by atoms with van der Waals surface area (Å²) in [5, 5.41) is 12.4. The van der Waals surface area contributed by atoms with Crippen LogP contribution in [0, 0.1) is 11.3 Å². The number of anilines is 1. The van der Waals surface area contributed by atoms with Crippen molar-refractivity contribution in [3.63, 3.8) is 0 Å². The van der Waals surface area contributed by atoms with Crippen molar-refractivity contribution >= 4 is 15.5 Å². The minimum atomic E-state index is -2.89. The zero-order valence-electron chi connectivity index (χ0n) is 11.9. The molecule has 1 saturated heterocycles. The third-order valence-corrected chi connectivity index (χ3v) is 5.54. The van der Waals surface area contributed by atoms with Gasteiger partial charge in [-0.15, -0.1) is 0 Å². The van der Waals surface area contributed by atoms with Crippen LogP contribution < -0.4 is 5.32 Å². The molecular formula is C15H20N2O2S. The van der Waals surface area contributed by atoms with Gasteiger partial charge in [-0.05, 0) is 44.4 Å². The maximum Gasteiger partial charge on any atom is 0.152 e. The van der Waals surface area contributed by atoms with Gasteiger partial charge in [-0.25, -0.2) is 8.42 Å². The Morgan fingerprint density at radius 3 is 2.50 bits per heavy atom. The molecule has 0 radical (unpaired) electrons. The SMILES string of the molecule is CC(C)(C#N)c1ccc(NC2CCCS(=O)(=O)C2)cc1. The molecule has 0 bridgehead atoms. The molecule has 5 heteroatoms. The van der Waals surface area contributed by atoms with E-state index in [1.54, 1.807) is 0 Å². The lowest BCUT2D eigenvalue weighted by Crippen LogP contribution is -2.34. The van der Waals surface area contributed by atoms with E-state index in [0.717, 1.165) is 24.1 Å². The number of nitrogens with one attached hydrogen (secondary N) is 1. The Kier molecular flexibility index (Phi) is 4.05. The molecule has 1 heterocycles. The van der Waals surface area contributed by atoms with Crippen LogP contribution in [0.1, 0.15) is 32.3 Å². The van der Waals surface area contributed by atoms with E-state index >= 15 is 0 Å². The van der Waals surface area contributed by atoms with E-state index in [1.165, 1.54) is 0 Å². The lowest BCUT2D eigenvalue weighted by atomic mass is 9.86. The normalized spacial score (nSPS) is 21.9. The molecule has 4 nitrogen and oxygen atoms in total. The van der Waals surface area contributed by atoms with Gasteiger partial charge in [-0.1, -0.05) is 12.1 Å². The van der Waals surface area contributed by atoms with Crippen LogP contribution in [0.4, 0.5) is 5.69 Å². The zero-order chi connectivity index (χ0) is 14.8. The van der Waals surface area contributed by atoms with Crippen molar-refractivity contribution in [2.75, 3.05) is 16.8 Å². The molecule has 0 amide bonds. The van der Waals surface area contributed by atoms with Crippen LogP contribution in [0.5, 0.6) is 0 Å². The first-order valence-electron chi connectivity index (χ1n) is 6.81. The fourth-order valence-electron chi connectivity index (χ4n) is 2.42. The van der Waals surface area contributed by atoms with Gasteiger partial charge in [0.05, 0.1) is 23.0 Å². The lowest BCUT2D eigenvalue weighted by Gasteiger charge is -2.24. The molecule has 0 saturated carbocycles. The smallest absolute Gasteiger partial charge is 0.152 e. The molecule has 1 aliphatic rings. The minimum Gasteiger partial charge on any atom is -0.381 e. The van der Waals surface area contributed by atoms with E-state index in [1.807, 2.05) is 38.1 Å². The summed E-state index contributed by atoms with van der Waals surface area (Å²) in [6, 6.07) is 9.92. The maximum absolute atomic E-state index is 11.6. The van der Waals surface area contributed by atoms with Crippen LogP contribution in [-0.2, 0) is 15.3 Å². The Morgan fingerprint density at radius 1 is 1.30 bits per heavy atom. The van der Waals surface area contributed by atoms with Gasteiger partial charge in [0.1, 0.15) is 0 Å². The average molecular weight is 292 g/mol. The average Bonchev–Trinajstić information content (AvgIpc) is 2.38. The van der Waals surface area contributed by atoms with Gasteiger partial charge >= 0.3 is 0 Å². The van der Waals surface area contributed by atoms with E-state index in [-0.39, 0.29) is 11.8 Å². The first-order chi connectivity index (χ1) is 9.32. The van der Waals surface area contributed by atoms with Gasteiger partial charge in [-0.2, -0.15) is 5.26 Å². The summed E-state index contributed by atoms with van der Waals surface area (Å²) in [6.45, 7) is 3.76. The molecule has 1 aromatic carbocycles. The monoisotopic (exact) mass is 292 g/mol. The van der Waals surface area contributed by atoms with Crippen LogP contribution in [0.3, 0.4) is 0 Å². The van der Waals surface area contributed by atoms with Crippen LogP contribution in [0.25, 0.3) is 0 Å². The number of sulfone groups is 1. The van der Waals surface area contributed by atoms with Crippen LogP contribution >= 0.6 is 0 Å². The van der Waals surface area contributed by atoms with E-state index in [4.69, 9.17) is 5.26 Å². The van der Waals surface area contributed by atoms with Gasteiger partial charge in [0.25, 0.3) is 0 Å². The van der Waals surface area contributed by atoms with Crippen molar-refractivity contribution in [3.8, 4) is 6.07 Å². The van der Waals surface area contributed by atoms with Crippen molar-refractivity contribution in [1.82, 2.24) is 0 Å². The Balaban J connectivity index is 2.07. The molecule has 0 aliphatic carbocycles. The number of hydrogen-bond acceptors (Lipinski definition) is 4. The minimum absolute atomic E-state index is 0.0106. The Hall–Kier alpha value is -1.54. The molecule has 1 aliphatic heterocycles. The van der Waals surface area contributed by atoms with Gasteiger partial charge in [0.2, 0.25) is 0 Å². The van der Waals surface area contributed by atoms with Crippen molar-refractivity contribution in [2.24, 2.45) is 0 Å². The molecule has 2 rings (SSSR count). The number of nitrogens with zero attached hydrogens (tertiary/aromatic N) is 1. The first-order valence-corrected chi connectivity index (χ1v) is 8.63. The van der Waals surface area contributed by atoms with Gasteiger partial charge in [0.15, 0.2) is 9.84 Å². The fraction of sp³-hybridized carbons (Fsp3) is 0.533. The molecule has 108 valence electrons. The Bertz CT molecular complexity index is 612. The number of benzene rings is 1. The summed E-state index contributed by atoms with van der Waals surface area (Å²) >= 11 is 0. The summed E-state index contributed by atoms with van der Waals surface area (Å²) in [4.78, 5) is 0. The highest BCUT2D eigenvalue weighted by Gasteiger charge is 2.25. The van der Waals surface area contributed by atoms with Gasteiger partial charge in [0, 0.05) is 11.7 Å². The van der Waals surface area contributed by atoms with E-state index in [9.17, 15) is 8.42 Å². The van der Waals surface area contributed by atoms with E-state index < -0.39 is 15.3 Å². The Labute approximate surface area is 120 Å². The van der Waals surface area contributed by atoms with Crippen LogP contribution in [0.2, 0.25) is 0 Å². The Morgan fingerprint density at radius 2 is 1.95 bits per heavy atom. The van der Waals surface area contributed by atoms with E-state index in [0.29, 0.717) is 5.75 Å². The largest absolute Gasteiger partial charge is 0.381 e. The standard InChI is InChI=1S/C15H20N2O2S/c1-15(2,11-16)12-5-7-13(8-6-12)17-14-4-3-9-20(18,19)10-14/h5-8,14,17H,3-4,9-10H2,1-2H3. The van der Waals surface area contributed by atoms with Crippen LogP contribution in [-0.4, -0.2) is 26.0 Å². The zero-order valence-corrected chi connectivity index (χ0v) is 12.7. The summed E-state index contributed by atoms with van der Waals surface area (Å²) in [7, 11) is -2.89. The summed E-state index contributed by atoms with van der Waals surface area (Å²) in [5.41, 5.74) is 1.36. The topological polar surface area (TPSA) is 70.0 Å². The highest BCUT2D eigenvalue weighted by atomic mass is 32.2. The second-order valence-corrected chi connectivity index (χ2v) is 8.14. The molecule has 1 N–H and O–H groups in total.